The van der Waals surface area contributed by atoms with Crippen molar-refractivity contribution >= 4 is 119 Å². The van der Waals surface area contributed by atoms with Crippen LogP contribution in [0.5, 0.6) is 23.0 Å². The fourth-order valence-electron chi connectivity index (χ4n) is 13.3. The van der Waals surface area contributed by atoms with Gasteiger partial charge in [-0.15, -0.1) is 0 Å². The van der Waals surface area contributed by atoms with Crippen molar-refractivity contribution in [1.29, 1.82) is 0 Å². The summed E-state index contributed by atoms with van der Waals surface area (Å²) in [6, 6.07) is 36.3. The highest BCUT2D eigenvalue weighted by Gasteiger charge is 2.43. The zero-order valence-corrected chi connectivity index (χ0v) is 55.6. The molecule has 20 nitrogen and oxygen atoms in total. The van der Waals surface area contributed by atoms with Crippen LogP contribution in [0.25, 0.3) is 65.3 Å². The molecule has 0 saturated heterocycles. The first kappa shape index (κ1) is 64.9. The highest BCUT2D eigenvalue weighted by Crippen LogP contribution is 2.55. The Balaban J connectivity index is 1.18. The van der Waals surface area contributed by atoms with Gasteiger partial charge in [-0.2, -0.15) is 33.7 Å². The van der Waals surface area contributed by atoms with E-state index in [9.17, 15) is 51.9 Å². The van der Waals surface area contributed by atoms with Gasteiger partial charge in [0.2, 0.25) is 0 Å². The molecule has 0 atom stereocenters. The van der Waals surface area contributed by atoms with Crippen molar-refractivity contribution in [3.05, 3.63) is 202 Å². The summed E-state index contributed by atoms with van der Waals surface area (Å²) in [5.74, 6) is -4.33. The number of rotatable bonds is 16. The van der Waals surface area contributed by atoms with Crippen LogP contribution >= 0.6 is 0 Å². The maximum atomic E-state index is 16.1. The predicted octanol–water partition coefficient (Wildman–Crippen LogP) is 15.7. The largest absolute Gasteiger partial charge is 0.456 e. The van der Waals surface area contributed by atoms with E-state index in [4.69, 9.17) is 9.47 Å². The number of amides is 4. The minimum absolute atomic E-state index is 0.0521. The lowest BCUT2D eigenvalue weighted by Crippen LogP contribution is -2.42. The third-order valence-electron chi connectivity index (χ3n) is 17.8. The van der Waals surface area contributed by atoms with E-state index in [1.165, 1.54) is 48.5 Å². The summed E-state index contributed by atoms with van der Waals surface area (Å²) >= 11 is 0. The number of benzene rings is 11. The van der Waals surface area contributed by atoms with E-state index in [2.05, 4.69) is 0 Å². The Kier molecular flexibility index (Phi) is 15.5. The number of hydrogen-bond donors (Lipinski definition) is 4. The Labute approximate surface area is 551 Å². The predicted molar refractivity (Wildman–Crippen MR) is 362 cm³/mol. The van der Waals surface area contributed by atoms with Crippen LogP contribution in [-0.4, -0.2) is 75.5 Å². The number of nitrogens with zero attached hydrogens (tertiary/aromatic N) is 2. The first-order valence-electron chi connectivity index (χ1n) is 30.2. The molecule has 2 heterocycles. The Hall–Kier alpha value is -9.76. The van der Waals surface area contributed by atoms with Crippen molar-refractivity contribution in [2.24, 2.45) is 0 Å². The van der Waals surface area contributed by atoms with Crippen LogP contribution in [0.2, 0.25) is 0 Å². The van der Waals surface area contributed by atoms with Gasteiger partial charge < -0.3 is 9.47 Å². The van der Waals surface area contributed by atoms with Crippen molar-refractivity contribution in [3.63, 3.8) is 0 Å². The van der Waals surface area contributed by atoms with Crippen LogP contribution in [0.4, 0.5) is 11.4 Å². The molecule has 0 aliphatic carbocycles. The number of anilines is 2. The minimum atomic E-state index is -4.95. The third-order valence-corrected chi connectivity index (χ3v) is 21.2. The highest BCUT2D eigenvalue weighted by molar-refractivity contribution is 7.86. The Morgan fingerprint density at radius 1 is 0.302 bits per heavy atom. The van der Waals surface area contributed by atoms with Gasteiger partial charge in [0.1, 0.15) is 23.0 Å². The average molecular weight is 1370 g/mol. The number of para-hydroxylation sites is 2. The van der Waals surface area contributed by atoms with Crippen LogP contribution < -0.4 is 19.3 Å². The van der Waals surface area contributed by atoms with E-state index in [-0.39, 0.29) is 134 Å². The summed E-state index contributed by atoms with van der Waals surface area (Å²) in [7, 11) is -19.4. The molecular formula is C72H58N2O18S4. The van der Waals surface area contributed by atoms with Crippen LogP contribution in [0.15, 0.2) is 177 Å². The topological polar surface area (TPSA) is 311 Å². The maximum Gasteiger partial charge on any atom is 0.294 e. The van der Waals surface area contributed by atoms with Gasteiger partial charge in [-0.25, -0.2) is 9.80 Å². The Morgan fingerprint density at radius 2 is 0.594 bits per heavy atom. The molecule has 13 rings (SSSR count). The van der Waals surface area contributed by atoms with Gasteiger partial charge in [0.15, 0.2) is 0 Å². The lowest BCUT2D eigenvalue weighted by Gasteiger charge is -2.34. The Bertz CT molecular complexity index is 5340. The van der Waals surface area contributed by atoms with Crippen molar-refractivity contribution < 1.29 is 80.5 Å². The van der Waals surface area contributed by atoms with Gasteiger partial charge in [-0.1, -0.05) is 128 Å². The second-order valence-corrected chi connectivity index (χ2v) is 30.7. The van der Waals surface area contributed by atoms with E-state index >= 15 is 19.2 Å². The molecule has 0 fully saturated rings. The lowest BCUT2D eigenvalue weighted by atomic mass is 9.80. The molecule has 488 valence electrons. The van der Waals surface area contributed by atoms with E-state index in [0.29, 0.717) is 33.6 Å². The number of hydrogen-bond acceptors (Lipinski definition) is 14. The molecule has 2 aliphatic rings. The molecule has 24 heteroatoms. The lowest BCUT2D eigenvalue weighted by molar-refractivity contribution is 0.0877. The highest BCUT2D eigenvalue weighted by atomic mass is 32.2. The van der Waals surface area contributed by atoms with Crippen LogP contribution in [0.1, 0.15) is 143 Å². The fraction of sp³-hybridized carbons (Fsp3) is 0.167. The number of fused-ring (bicyclic) bond motifs is 2. The van der Waals surface area contributed by atoms with Gasteiger partial charge in [0, 0.05) is 54.6 Å². The van der Waals surface area contributed by atoms with Crippen LogP contribution in [-0.2, 0) is 40.5 Å². The van der Waals surface area contributed by atoms with Gasteiger partial charge in [-0.3, -0.25) is 37.4 Å². The summed E-state index contributed by atoms with van der Waals surface area (Å²) in [4.78, 5) is 63.8. The zero-order chi connectivity index (χ0) is 68.9. The van der Waals surface area contributed by atoms with Crippen molar-refractivity contribution in [2.75, 3.05) is 9.80 Å². The van der Waals surface area contributed by atoms with E-state index in [1.54, 1.807) is 24.3 Å². The molecule has 4 N–H and O–H groups in total. The standard InChI is InChI=1S/C72H58N2O18S4/c1-35(2)45-11-9-12-46(36(3)4)67(45)73-69(75)51-27-25-49-64-60(92-58-30-24-44(96(88,89)90)32-54(58)40-17-21-42(22-18-40)94(82,83)84)34-56-62-52(70(76)74(72(56)78)68-47(37(5)6)13-10-14-48(68)38(7)8)28-26-50(66(62)64)63-59(33-55(71(73)77)61(51)65(49)63)91-57-29-23-43(95(85,86)87)31-53(57)39-15-19-41(20-16-39)93(79,80)81/h9-38H,1-8H3,(H,79,80,81)(H,82,83,84)(H,85,86,87)(H,88,89,90). The van der Waals surface area contributed by atoms with Gasteiger partial charge in [0.25, 0.3) is 64.1 Å². The van der Waals surface area contributed by atoms with E-state index in [1.807, 2.05) is 91.8 Å². The zero-order valence-electron chi connectivity index (χ0n) is 52.4. The number of carbonyl (C=O) groups excluding carboxylic acids is 4. The molecule has 11 aromatic rings. The normalized spacial score (nSPS) is 14.0. The van der Waals surface area contributed by atoms with E-state index < -0.39 is 83.7 Å². The molecule has 96 heavy (non-hydrogen) atoms. The van der Waals surface area contributed by atoms with E-state index in [0.717, 1.165) is 58.3 Å². The molecule has 4 amide bonds. The maximum absolute atomic E-state index is 16.1. The summed E-state index contributed by atoms with van der Waals surface area (Å²) in [5, 5.41) is 1.45. The number of carbonyl (C=O) groups is 4. The SMILES string of the molecule is CC(C)c1cccc(C(C)C)c1N1C(=O)c2ccc3c4c(Oc5ccc(S(=O)(=O)O)cc5-c5ccc(S(=O)(=O)O)cc5)cc5c6c(ccc(c7c(Oc8ccc(S(=O)(=O)O)cc8-c8ccc(S(=O)(=O)O)cc8)cc(c2c37)C1=O)c64)C(=O)N(c1c(C(C)C)cccc1C(C)C)C5=O. The summed E-state index contributed by atoms with van der Waals surface area (Å²) in [6.45, 7) is 15.4. The third kappa shape index (κ3) is 10.6. The van der Waals surface area contributed by atoms with Crippen molar-refractivity contribution in [3.8, 4) is 45.3 Å². The average Bonchev–Trinajstić information content (AvgIpc) is 0.679. The smallest absolute Gasteiger partial charge is 0.294 e. The summed E-state index contributed by atoms with van der Waals surface area (Å²) in [6.07, 6.45) is 0. The molecule has 0 radical (unpaired) electrons. The van der Waals surface area contributed by atoms with Crippen molar-refractivity contribution in [1.82, 2.24) is 0 Å². The molecule has 0 bridgehead atoms. The molecule has 2 aliphatic heterocycles. The molecular weight excluding hydrogens is 1310 g/mol. The van der Waals surface area contributed by atoms with Crippen LogP contribution in [0, 0.1) is 0 Å². The van der Waals surface area contributed by atoms with Crippen molar-refractivity contribution in [2.45, 2.75) is 98.6 Å². The van der Waals surface area contributed by atoms with Gasteiger partial charge in [0.05, 0.1) is 42.1 Å². The number of ether oxygens (including phenoxy) is 2. The molecule has 0 aromatic heterocycles. The second-order valence-electron chi connectivity index (χ2n) is 25.0. The fourth-order valence-corrected chi connectivity index (χ4v) is 15.3. The summed E-state index contributed by atoms with van der Waals surface area (Å²) in [5.41, 5.74) is 3.55. The molecule has 0 saturated carbocycles. The summed E-state index contributed by atoms with van der Waals surface area (Å²) < 4.78 is 156. The monoisotopic (exact) mass is 1370 g/mol. The number of imide groups is 2. The molecule has 0 unspecified atom stereocenters. The van der Waals surface area contributed by atoms with Crippen LogP contribution in [0.3, 0.4) is 0 Å². The van der Waals surface area contributed by atoms with Gasteiger partial charge >= 0.3 is 0 Å². The molecule has 0 spiro atoms. The first-order chi connectivity index (χ1) is 45.1. The first-order valence-corrected chi connectivity index (χ1v) is 36.0. The molecule has 11 aromatic carbocycles. The quantitative estimate of drug-likeness (QED) is 0.0302. The Morgan fingerprint density at radius 3 is 0.885 bits per heavy atom. The van der Waals surface area contributed by atoms with Gasteiger partial charge in [-0.05, 0) is 153 Å². The second kappa shape index (κ2) is 23.0. The minimum Gasteiger partial charge on any atom is -0.456 e.